The van der Waals surface area contributed by atoms with Crippen LogP contribution in [0.2, 0.25) is 0 Å². The average molecular weight is 240 g/mol. The number of carbonyl (C=O) groups excluding carboxylic acids is 1. The minimum atomic E-state index is 0.535. The Morgan fingerprint density at radius 1 is 1.28 bits per heavy atom. The monoisotopic (exact) mass is 240 g/mol. The van der Waals surface area contributed by atoms with Gasteiger partial charge in [0.15, 0.2) is 6.29 Å². The topological polar surface area (TPSA) is 52.2 Å². The number of aromatic nitrogens is 4. The second-order valence-corrected chi connectivity index (χ2v) is 4.27. The molecule has 3 heterocycles. The predicted molar refractivity (Wildman–Crippen MR) is 67.5 cm³/mol. The van der Waals surface area contributed by atoms with Crippen LogP contribution in [0.15, 0.2) is 30.5 Å². The maximum absolute atomic E-state index is 11.0. The molecule has 0 atom stereocenters. The lowest BCUT2D eigenvalue weighted by Gasteiger charge is -1.95. The molecular formula is C13H12N4O. The fourth-order valence-corrected chi connectivity index (χ4v) is 2.10. The lowest BCUT2D eigenvalue weighted by molar-refractivity contribution is 0.111. The minimum Gasteiger partial charge on any atom is -0.296 e. The van der Waals surface area contributed by atoms with E-state index in [1.165, 1.54) is 0 Å². The average Bonchev–Trinajstić information content (AvgIpc) is 2.91. The van der Waals surface area contributed by atoms with Gasteiger partial charge in [0.25, 0.3) is 0 Å². The summed E-state index contributed by atoms with van der Waals surface area (Å²) in [5, 5.41) is 8.82. The van der Waals surface area contributed by atoms with Gasteiger partial charge in [0.1, 0.15) is 17.1 Å². The van der Waals surface area contributed by atoms with Gasteiger partial charge >= 0.3 is 0 Å². The summed E-state index contributed by atoms with van der Waals surface area (Å²) in [7, 11) is 1.88. The third-order valence-corrected chi connectivity index (χ3v) is 2.89. The van der Waals surface area contributed by atoms with Crippen molar-refractivity contribution in [2.24, 2.45) is 7.05 Å². The van der Waals surface area contributed by atoms with E-state index < -0.39 is 0 Å². The van der Waals surface area contributed by atoms with Gasteiger partial charge < -0.3 is 0 Å². The van der Waals surface area contributed by atoms with Crippen LogP contribution in [0.3, 0.4) is 0 Å². The lowest BCUT2D eigenvalue weighted by atomic mass is 10.2. The van der Waals surface area contributed by atoms with Crippen LogP contribution in [0.25, 0.3) is 16.9 Å². The molecule has 0 amide bonds. The van der Waals surface area contributed by atoms with E-state index in [2.05, 4.69) is 10.2 Å². The Morgan fingerprint density at radius 2 is 2.11 bits per heavy atom. The number of hydrogen-bond acceptors (Lipinski definition) is 3. The van der Waals surface area contributed by atoms with E-state index in [1.54, 1.807) is 15.3 Å². The summed E-state index contributed by atoms with van der Waals surface area (Å²) in [6.45, 7) is 1.99. The minimum absolute atomic E-state index is 0.535. The first-order chi connectivity index (χ1) is 8.69. The van der Waals surface area contributed by atoms with Crippen LogP contribution >= 0.6 is 0 Å². The van der Waals surface area contributed by atoms with E-state index in [0.29, 0.717) is 5.69 Å². The largest absolute Gasteiger partial charge is 0.296 e. The fraction of sp³-hybridized carbons (Fsp3) is 0.154. The van der Waals surface area contributed by atoms with Gasteiger partial charge in [0.2, 0.25) is 0 Å². The smallest absolute Gasteiger partial charge is 0.168 e. The first-order valence-electron chi connectivity index (χ1n) is 5.63. The van der Waals surface area contributed by atoms with Gasteiger partial charge in [-0.1, -0.05) is 6.07 Å². The Morgan fingerprint density at radius 3 is 2.78 bits per heavy atom. The molecule has 3 aromatic heterocycles. The van der Waals surface area contributed by atoms with E-state index >= 15 is 0 Å². The van der Waals surface area contributed by atoms with E-state index in [1.807, 2.05) is 38.4 Å². The fourth-order valence-electron chi connectivity index (χ4n) is 2.10. The SMILES string of the molecule is Cc1cn(C)nc1-c1cc2cccc(C=O)n2n1. The Hall–Kier alpha value is -2.43. The molecule has 5 heteroatoms. The molecule has 18 heavy (non-hydrogen) atoms. The molecule has 0 radical (unpaired) electrons. The van der Waals surface area contributed by atoms with Crippen LogP contribution < -0.4 is 0 Å². The number of hydrogen-bond donors (Lipinski definition) is 0. The first kappa shape index (κ1) is 10.7. The quantitative estimate of drug-likeness (QED) is 0.642. The molecule has 0 aliphatic heterocycles. The molecule has 5 nitrogen and oxygen atoms in total. The number of fused-ring (bicyclic) bond motifs is 1. The van der Waals surface area contributed by atoms with Crippen molar-refractivity contribution in [1.82, 2.24) is 19.4 Å². The third-order valence-electron chi connectivity index (χ3n) is 2.89. The highest BCUT2D eigenvalue weighted by Crippen LogP contribution is 2.21. The van der Waals surface area contributed by atoms with Gasteiger partial charge in [-0.25, -0.2) is 4.52 Å². The van der Waals surface area contributed by atoms with Crippen LogP contribution in [0.5, 0.6) is 0 Å². The van der Waals surface area contributed by atoms with Crippen molar-refractivity contribution in [3.05, 3.63) is 41.7 Å². The number of pyridine rings is 1. The van der Waals surface area contributed by atoms with Crippen molar-refractivity contribution in [3.8, 4) is 11.4 Å². The van der Waals surface area contributed by atoms with Crippen molar-refractivity contribution in [3.63, 3.8) is 0 Å². The van der Waals surface area contributed by atoms with E-state index in [9.17, 15) is 4.79 Å². The summed E-state index contributed by atoms with van der Waals surface area (Å²) in [5.41, 5.74) is 4.11. The third kappa shape index (κ3) is 1.52. The molecule has 0 aliphatic carbocycles. The van der Waals surface area contributed by atoms with Crippen molar-refractivity contribution in [2.75, 3.05) is 0 Å². The summed E-state index contributed by atoms with van der Waals surface area (Å²) >= 11 is 0. The second kappa shape index (κ2) is 3.80. The zero-order chi connectivity index (χ0) is 12.7. The molecule has 0 fully saturated rings. The highest BCUT2D eigenvalue weighted by molar-refractivity contribution is 5.75. The number of rotatable bonds is 2. The van der Waals surface area contributed by atoms with Crippen molar-refractivity contribution in [1.29, 1.82) is 0 Å². The molecule has 3 rings (SSSR count). The van der Waals surface area contributed by atoms with Gasteiger partial charge in [-0.3, -0.25) is 9.48 Å². The van der Waals surface area contributed by atoms with Gasteiger partial charge in [-0.05, 0) is 30.7 Å². The molecule has 0 saturated heterocycles. The first-order valence-corrected chi connectivity index (χ1v) is 5.63. The van der Waals surface area contributed by atoms with Gasteiger partial charge in [0.05, 0.1) is 5.52 Å². The second-order valence-electron chi connectivity index (χ2n) is 4.27. The van der Waals surface area contributed by atoms with Crippen molar-refractivity contribution in [2.45, 2.75) is 6.92 Å². The Kier molecular flexibility index (Phi) is 2.26. The van der Waals surface area contributed by atoms with Crippen LogP contribution in [0.4, 0.5) is 0 Å². The molecule has 0 aliphatic rings. The molecule has 0 saturated carbocycles. The molecule has 0 bridgehead atoms. The zero-order valence-electron chi connectivity index (χ0n) is 10.2. The number of carbonyl (C=O) groups is 1. The van der Waals surface area contributed by atoms with Crippen molar-refractivity contribution >= 4 is 11.8 Å². The summed E-state index contributed by atoms with van der Waals surface area (Å²) in [6, 6.07) is 7.43. The van der Waals surface area contributed by atoms with E-state index in [4.69, 9.17) is 0 Å². The Labute approximate surface area is 104 Å². The van der Waals surface area contributed by atoms with E-state index in [-0.39, 0.29) is 0 Å². The highest BCUT2D eigenvalue weighted by Gasteiger charge is 2.11. The van der Waals surface area contributed by atoms with Crippen LogP contribution in [-0.4, -0.2) is 25.7 Å². The maximum Gasteiger partial charge on any atom is 0.168 e. The number of nitrogens with zero attached hydrogens (tertiary/aromatic N) is 4. The highest BCUT2D eigenvalue weighted by atomic mass is 16.1. The zero-order valence-corrected chi connectivity index (χ0v) is 10.2. The predicted octanol–water partition coefficient (Wildman–Crippen LogP) is 1.86. The molecular weight excluding hydrogens is 228 g/mol. The number of aryl methyl sites for hydroxylation is 2. The summed E-state index contributed by atoms with van der Waals surface area (Å²) in [6.07, 6.45) is 2.75. The van der Waals surface area contributed by atoms with Crippen LogP contribution in [0, 0.1) is 6.92 Å². The Bertz CT molecular complexity index is 739. The van der Waals surface area contributed by atoms with Gasteiger partial charge in [-0.2, -0.15) is 10.2 Å². The normalized spacial score (nSPS) is 11.0. The summed E-state index contributed by atoms with van der Waals surface area (Å²) < 4.78 is 3.39. The molecule has 0 spiro atoms. The summed E-state index contributed by atoms with van der Waals surface area (Å²) in [5.74, 6) is 0. The Balaban J connectivity index is 2.25. The van der Waals surface area contributed by atoms with E-state index in [0.717, 1.165) is 28.8 Å². The molecule has 0 aromatic carbocycles. The van der Waals surface area contributed by atoms with Gasteiger partial charge in [-0.15, -0.1) is 0 Å². The standard InChI is InChI=1S/C13H12N4O/c1-9-7-16(2)15-13(9)12-6-10-4-3-5-11(8-18)17(10)14-12/h3-8H,1-2H3. The molecule has 90 valence electrons. The van der Waals surface area contributed by atoms with Crippen LogP contribution in [-0.2, 0) is 7.05 Å². The van der Waals surface area contributed by atoms with Crippen molar-refractivity contribution < 1.29 is 4.79 Å². The summed E-state index contributed by atoms with van der Waals surface area (Å²) in [4.78, 5) is 11.0. The number of aldehydes is 1. The van der Waals surface area contributed by atoms with Crippen LogP contribution in [0.1, 0.15) is 16.1 Å². The molecule has 0 unspecified atom stereocenters. The molecule has 3 aromatic rings. The van der Waals surface area contributed by atoms with Gasteiger partial charge in [0, 0.05) is 13.2 Å². The lowest BCUT2D eigenvalue weighted by Crippen LogP contribution is -1.96. The molecule has 0 N–H and O–H groups in total. The maximum atomic E-state index is 11.0.